The Morgan fingerprint density at radius 2 is 1.88 bits per heavy atom. The van der Waals surface area contributed by atoms with Crippen molar-refractivity contribution in [3.8, 4) is 0 Å². The molecule has 3 amide bonds. The van der Waals surface area contributed by atoms with Crippen LogP contribution in [0.2, 0.25) is 0 Å². The number of nitrogens with one attached hydrogen (secondary N) is 2. The van der Waals surface area contributed by atoms with Gasteiger partial charge in [0.2, 0.25) is 5.91 Å². The first-order valence-corrected chi connectivity index (χ1v) is 8.55. The van der Waals surface area contributed by atoms with Crippen molar-refractivity contribution in [2.24, 2.45) is 0 Å². The zero-order chi connectivity index (χ0) is 18.7. The lowest BCUT2D eigenvalue weighted by atomic mass is 10.2. The van der Waals surface area contributed by atoms with E-state index in [1.54, 1.807) is 4.90 Å². The van der Waals surface area contributed by atoms with Gasteiger partial charge in [0.05, 0.1) is 0 Å². The Hall–Kier alpha value is -2.57. The molecule has 138 valence electrons. The van der Waals surface area contributed by atoms with Crippen molar-refractivity contribution >= 4 is 23.6 Å². The Bertz CT molecular complexity index is 563. The largest absolute Gasteiger partial charge is 0.481 e. The van der Waals surface area contributed by atoms with Crippen molar-refractivity contribution in [3.63, 3.8) is 0 Å². The number of rotatable bonds is 10. The van der Waals surface area contributed by atoms with Gasteiger partial charge in [-0.05, 0) is 31.9 Å². The molecule has 0 aliphatic heterocycles. The van der Waals surface area contributed by atoms with Gasteiger partial charge in [0.25, 0.3) is 0 Å². The van der Waals surface area contributed by atoms with E-state index in [1.165, 1.54) is 0 Å². The number of carbonyl (C=O) groups is 3. The van der Waals surface area contributed by atoms with Crippen LogP contribution in [0.25, 0.3) is 0 Å². The molecule has 1 rings (SSSR count). The summed E-state index contributed by atoms with van der Waals surface area (Å²) < 4.78 is 0. The highest BCUT2D eigenvalue weighted by atomic mass is 16.4. The Labute approximate surface area is 148 Å². The van der Waals surface area contributed by atoms with Crippen LogP contribution in [0.5, 0.6) is 0 Å². The summed E-state index contributed by atoms with van der Waals surface area (Å²) >= 11 is 0. The monoisotopic (exact) mass is 349 g/mol. The van der Waals surface area contributed by atoms with Crippen molar-refractivity contribution in [1.82, 2.24) is 10.2 Å². The molecule has 1 unspecified atom stereocenters. The first-order valence-electron chi connectivity index (χ1n) is 8.55. The Morgan fingerprint density at radius 3 is 2.48 bits per heavy atom. The first kappa shape index (κ1) is 20.5. The summed E-state index contributed by atoms with van der Waals surface area (Å²) in [7, 11) is 0. The molecular weight excluding hydrogens is 322 g/mol. The number of carbonyl (C=O) groups excluding carboxylic acids is 2. The number of hydrogen-bond acceptors (Lipinski definition) is 3. The summed E-state index contributed by atoms with van der Waals surface area (Å²) in [6.45, 7) is 4.62. The number of carboxylic acid groups (broad SMARTS) is 1. The van der Waals surface area contributed by atoms with E-state index in [1.807, 2.05) is 44.2 Å². The van der Waals surface area contributed by atoms with Gasteiger partial charge in [-0.3, -0.25) is 9.59 Å². The zero-order valence-electron chi connectivity index (χ0n) is 14.8. The van der Waals surface area contributed by atoms with E-state index in [9.17, 15) is 14.4 Å². The molecule has 1 aromatic carbocycles. The van der Waals surface area contributed by atoms with E-state index in [-0.39, 0.29) is 30.8 Å². The van der Waals surface area contributed by atoms with E-state index in [4.69, 9.17) is 5.11 Å². The van der Waals surface area contributed by atoms with Gasteiger partial charge in [0.1, 0.15) is 0 Å². The van der Waals surface area contributed by atoms with E-state index < -0.39 is 5.97 Å². The van der Waals surface area contributed by atoms with Crippen molar-refractivity contribution in [2.45, 2.75) is 45.6 Å². The molecule has 0 spiro atoms. The van der Waals surface area contributed by atoms with Gasteiger partial charge in [0, 0.05) is 37.7 Å². The quantitative estimate of drug-likeness (QED) is 0.566. The number of hydrogen-bond donors (Lipinski definition) is 3. The number of nitrogens with zero attached hydrogens (tertiary/aromatic N) is 1. The smallest absolute Gasteiger partial charge is 0.317 e. The highest BCUT2D eigenvalue weighted by Gasteiger charge is 2.21. The fourth-order valence-corrected chi connectivity index (χ4v) is 2.41. The average molecular weight is 349 g/mol. The van der Waals surface area contributed by atoms with Crippen molar-refractivity contribution in [2.75, 3.05) is 18.4 Å². The van der Waals surface area contributed by atoms with Crippen LogP contribution in [0, 0.1) is 0 Å². The van der Waals surface area contributed by atoms with Crippen molar-refractivity contribution < 1.29 is 19.5 Å². The summed E-state index contributed by atoms with van der Waals surface area (Å²) in [5, 5.41) is 14.1. The summed E-state index contributed by atoms with van der Waals surface area (Å²) in [6.07, 6.45) is 1.36. The standard InChI is InChI=1S/C18H27N3O4/c1-3-12-21(18(25)19-11-7-10-17(23)24)14(2)13-16(22)20-15-8-5-4-6-9-15/h4-6,8-9,14H,3,7,10-13H2,1-2H3,(H,19,25)(H,20,22)(H,23,24). The van der Waals surface area contributed by atoms with Crippen LogP contribution in [0.15, 0.2) is 30.3 Å². The van der Waals surface area contributed by atoms with E-state index >= 15 is 0 Å². The molecule has 0 aliphatic carbocycles. The molecule has 0 heterocycles. The second-order valence-electron chi connectivity index (χ2n) is 5.89. The third-order valence-corrected chi connectivity index (χ3v) is 3.64. The van der Waals surface area contributed by atoms with Crippen LogP contribution in [0.3, 0.4) is 0 Å². The SMILES string of the molecule is CCCN(C(=O)NCCCC(=O)O)C(C)CC(=O)Nc1ccccc1. The Kier molecular flexibility index (Phi) is 9.06. The molecule has 0 aliphatic rings. The third-order valence-electron chi connectivity index (χ3n) is 3.64. The lowest BCUT2D eigenvalue weighted by Gasteiger charge is -2.29. The molecule has 7 heteroatoms. The predicted octanol–water partition coefficient (Wildman–Crippen LogP) is 2.69. The second kappa shape index (κ2) is 11.1. The van der Waals surface area contributed by atoms with Gasteiger partial charge >= 0.3 is 12.0 Å². The highest BCUT2D eigenvalue weighted by Crippen LogP contribution is 2.10. The second-order valence-corrected chi connectivity index (χ2v) is 5.89. The minimum atomic E-state index is -0.884. The number of aliphatic carboxylic acids is 1. The maximum Gasteiger partial charge on any atom is 0.317 e. The molecule has 3 N–H and O–H groups in total. The topological polar surface area (TPSA) is 98.7 Å². The first-order chi connectivity index (χ1) is 11.9. The van der Waals surface area contributed by atoms with E-state index in [0.717, 1.165) is 12.1 Å². The van der Waals surface area contributed by atoms with Gasteiger partial charge in [-0.15, -0.1) is 0 Å². The molecule has 0 fully saturated rings. The van der Waals surface area contributed by atoms with Crippen LogP contribution >= 0.6 is 0 Å². The zero-order valence-corrected chi connectivity index (χ0v) is 14.8. The molecule has 25 heavy (non-hydrogen) atoms. The van der Waals surface area contributed by atoms with Crippen LogP contribution in [0.4, 0.5) is 10.5 Å². The predicted molar refractivity (Wildman–Crippen MR) is 96.4 cm³/mol. The van der Waals surface area contributed by atoms with Crippen LogP contribution in [-0.4, -0.2) is 47.0 Å². The number of carboxylic acids is 1. The fraction of sp³-hybridized carbons (Fsp3) is 0.500. The van der Waals surface area contributed by atoms with Crippen LogP contribution in [-0.2, 0) is 9.59 Å². The normalized spacial score (nSPS) is 11.4. The third kappa shape index (κ3) is 8.19. The lowest BCUT2D eigenvalue weighted by Crippen LogP contribution is -2.46. The molecule has 0 aromatic heterocycles. The summed E-state index contributed by atoms with van der Waals surface area (Å²) in [4.78, 5) is 36.6. The van der Waals surface area contributed by atoms with Crippen molar-refractivity contribution in [3.05, 3.63) is 30.3 Å². The minimum Gasteiger partial charge on any atom is -0.481 e. The fourth-order valence-electron chi connectivity index (χ4n) is 2.41. The number of urea groups is 1. The molecule has 7 nitrogen and oxygen atoms in total. The molecule has 0 saturated heterocycles. The number of para-hydroxylation sites is 1. The molecule has 1 atom stereocenters. The molecule has 0 bridgehead atoms. The van der Waals surface area contributed by atoms with Gasteiger partial charge in [-0.25, -0.2) is 4.79 Å². The van der Waals surface area contributed by atoms with Gasteiger partial charge < -0.3 is 20.6 Å². The van der Waals surface area contributed by atoms with Crippen LogP contribution < -0.4 is 10.6 Å². The van der Waals surface area contributed by atoms with E-state index in [2.05, 4.69) is 10.6 Å². The van der Waals surface area contributed by atoms with Gasteiger partial charge in [-0.2, -0.15) is 0 Å². The summed E-state index contributed by atoms with van der Waals surface area (Å²) in [5.74, 6) is -1.04. The Balaban J connectivity index is 2.50. The van der Waals surface area contributed by atoms with E-state index in [0.29, 0.717) is 19.5 Å². The number of benzene rings is 1. The van der Waals surface area contributed by atoms with Gasteiger partial charge in [0.15, 0.2) is 0 Å². The average Bonchev–Trinajstić information content (AvgIpc) is 2.56. The maximum absolute atomic E-state index is 12.3. The van der Waals surface area contributed by atoms with Gasteiger partial charge in [-0.1, -0.05) is 25.1 Å². The van der Waals surface area contributed by atoms with Crippen molar-refractivity contribution in [1.29, 1.82) is 0 Å². The molecule has 0 radical (unpaired) electrons. The number of anilines is 1. The maximum atomic E-state index is 12.3. The molecule has 0 saturated carbocycles. The Morgan fingerprint density at radius 1 is 1.20 bits per heavy atom. The summed E-state index contributed by atoms with van der Waals surface area (Å²) in [6, 6.07) is 8.63. The molecular formula is C18H27N3O4. The molecule has 1 aromatic rings. The minimum absolute atomic E-state index is 0.0170. The van der Waals surface area contributed by atoms with Crippen LogP contribution in [0.1, 0.15) is 39.5 Å². The number of amides is 3. The summed E-state index contributed by atoms with van der Waals surface area (Å²) in [5.41, 5.74) is 0.722. The highest BCUT2D eigenvalue weighted by molar-refractivity contribution is 5.91. The lowest BCUT2D eigenvalue weighted by molar-refractivity contribution is -0.137.